The molecular formula is C16H22FNO2. The van der Waals surface area contributed by atoms with Gasteiger partial charge < -0.3 is 5.11 Å². The monoisotopic (exact) mass is 279 g/mol. The Morgan fingerprint density at radius 1 is 1.50 bits per heavy atom. The number of likely N-dealkylation sites (tertiary alicyclic amines) is 1. The number of carboxylic acids is 1. The zero-order chi connectivity index (χ0) is 14.8. The van der Waals surface area contributed by atoms with E-state index in [1.165, 1.54) is 6.07 Å². The quantitative estimate of drug-likeness (QED) is 0.898. The summed E-state index contributed by atoms with van der Waals surface area (Å²) < 4.78 is 13.9. The van der Waals surface area contributed by atoms with Crippen LogP contribution in [0.2, 0.25) is 0 Å². The summed E-state index contributed by atoms with van der Waals surface area (Å²) in [5, 5.41) is 9.63. The number of aryl methyl sites for hydroxylation is 1. The van der Waals surface area contributed by atoms with Crippen molar-refractivity contribution < 1.29 is 14.3 Å². The molecule has 1 N–H and O–H groups in total. The van der Waals surface area contributed by atoms with Crippen LogP contribution in [0.3, 0.4) is 0 Å². The van der Waals surface area contributed by atoms with Crippen LogP contribution in [-0.2, 0) is 11.3 Å². The molecule has 0 amide bonds. The number of aliphatic carboxylic acids is 1. The van der Waals surface area contributed by atoms with Crippen LogP contribution in [0.1, 0.15) is 43.7 Å². The third-order valence-corrected chi connectivity index (χ3v) is 4.25. The molecule has 110 valence electrons. The highest BCUT2D eigenvalue weighted by Gasteiger charge is 2.46. The van der Waals surface area contributed by atoms with Gasteiger partial charge in [-0.2, -0.15) is 0 Å². The predicted molar refractivity (Wildman–Crippen MR) is 76.1 cm³/mol. The lowest BCUT2D eigenvalue weighted by molar-refractivity contribution is -0.150. The van der Waals surface area contributed by atoms with E-state index in [9.17, 15) is 14.3 Å². The SMILES string of the molecule is CCCC1(C(=O)O)CCCN1Cc1cc(C)ccc1F. The molecule has 1 saturated heterocycles. The number of nitrogens with zero attached hydrogens (tertiary/aromatic N) is 1. The molecule has 1 aromatic rings. The van der Waals surface area contributed by atoms with Gasteiger partial charge in [0.05, 0.1) is 0 Å². The number of hydrogen-bond donors (Lipinski definition) is 1. The second-order valence-corrected chi connectivity index (χ2v) is 5.71. The maximum atomic E-state index is 13.9. The van der Waals surface area contributed by atoms with Crippen LogP contribution in [0.4, 0.5) is 4.39 Å². The summed E-state index contributed by atoms with van der Waals surface area (Å²) in [6, 6.07) is 5.01. The second kappa shape index (κ2) is 5.92. The van der Waals surface area contributed by atoms with E-state index in [2.05, 4.69) is 0 Å². The van der Waals surface area contributed by atoms with Gasteiger partial charge in [-0.1, -0.05) is 31.0 Å². The van der Waals surface area contributed by atoms with Crippen molar-refractivity contribution in [2.45, 2.75) is 51.6 Å². The van der Waals surface area contributed by atoms with Gasteiger partial charge in [0.2, 0.25) is 0 Å². The van der Waals surface area contributed by atoms with Gasteiger partial charge in [-0.25, -0.2) is 4.39 Å². The Hall–Kier alpha value is -1.42. The maximum absolute atomic E-state index is 13.9. The van der Waals surface area contributed by atoms with E-state index in [0.29, 0.717) is 24.9 Å². The Bertz CT molecular complexity index is 503. The summed E-state index contributed by atoms with van der Waals surface area (Å²) >= 11 is 0. The summed E-state index contributed by atoms with van der Waals surface area (Å²) in [5.41, 5.74) is 0.774. The third kappa shape index (κ3) is 2.70. The Kier molecular flexibility index (Phi) is 4.43. The van der Waals surface area contributed by atoms with Gasteiger partial charge in [0.1, 0.15) is 11.4 Å². The first-order valence-corrected chi connectivity index (χ1v) is 7.23. The van der Waals surface area contributed by atoms with Crippen LogP contribution in [0.15, 0.2) is 18.2 Å². The van der Waals surface area contributed by atoms with E-state index in [1.54, 1.807) is 6.07 Å². The molecule has 3 nitrogen and oxygen atoms in total. The third-order valence-electron chi connectivity index (χ3n) is 4.25. The van der Waals surface area contributed by atoms with Crippen LogP contribution >= 0.6 is 0 Å². The van der Waals surface area contributed by atoms with E-state index in [0.717, 1.165) is 24.9 Å². The van der Waals surface area contributed by atoms with Gasteiger partial charge in [-0.15, -0.1) is 0 Å². The fourth-order valence-electron chi connectivity index (χ4n) is 3.24. The number of carbonyl (C=O) groups is 1. The van der Waals surface area contributed by atoms with Crippen LogP contribution in [0, 0.1) is 12.7 Å². The Balaban J connectivity index is 2.26. The van der Waals surface area contributed by atoms with Gasteiger partial charge in [-0.3, -0.25) is 9.69 Å². The second-order valence-electron chi connectivity index (χ2n) is 5.71. The molecular weight excluding hydrogens is 257 g/mol. The lowest BCUT2D eigenvalue weighted by atomic mass is 9.90. The van der Waals surface area contributed by atoms with Gasteiger partial charge in [0.15, 0.2) is 0 Å². The number of hydrogen-bond acceptors (Lipinski definition) is 2. The smallest absolute Gasteiger partial charge is 0.324 e. The minimum Gasteiger partial charge on any atom is -0.480 e. The van der Waals surface area contributed by atoms with Crippen LogP contribution in [-0.4, -0.2) is 28.1 Å². The van der Waals surface area contributed by atoms with E-state index < -0.39 is 11.5 Å². The molecule has 2 rings (SSSR count). The molecule has 0 aliphatic carbocycles. The average Bonchev–Trinajstić information content (AvgIpc) is 2.79. The zero-order valence-corrected chi connectivity index (χ0v) is 12.2. The highest BCUT2D eigenvalue weighted by atomic mass is 19.1. The summed E-state index contributed by atoms with van der Waals surface area (Å²) in [7, 11) is 0. The molecule has 1 heterocycles. The highest BCUT2D eigenvalue weighted by Crippen LogP contribution is 2.35. The molecule has 1 aliphatic rings. The molecule has 0 bridgehead atoms. The number of carboxylic acid groups (broad SMARTS) is 1. The molecule has 0 spiro atoms. The van der Waals surface area contributed by atoms with Gasteiger partial charge in [0.25, 0.3) is 0 Å². The van der Waals surface area contributed by atoms with Gasteiger partial charge in [-0.05, 0) is 38.8 Å². The molecule has 1 fully saturated rings. The first kappa shape index (κ1) is 15.0. The van der Waals surface area contributed by atoms with Crippen molar-refractivity contribution in [2.24, 2.45) is 0 Å². The van der Waals surface area contributed by atoms with E-state index in [-0.39, 0.29) is 5.82 Å². The van der Waals surface area contributed by atoms with Crippen molar-refractivity contribution in [3.63, 3.8) is 0 Å². The first-order valence-electron chi connectivity index (χ1n) is 7.23. The van der Waals surface area contributed by atoms with Crippen molar-refractivity contribution in [1.29, 1.82) is 0 Å². The minimum atomic E-state index is -0.815. The average molecular weight is 279 g/mol. The molecule has 0 radical (unpaired) electrons. The standard InChI is InChI=1S/C16H22FNO2/c1-3-7-16(15(19)20)8-4-9-18(16)11-13-10-12(2)5-6-14(13)17/h5-6,10H,3-4,7-9,11H2,1-2H3,(H,19,20). The number of rotatable bonds is 5. The van der Waals surface area contributed by atoms with Crippen molar-refractivity contribution in [2.75, 3.05) is 6.54 Å². The summed E-state index contributed by atoms with van der Waals surface area (Å²) in [4.78, 5) is 13.7. The lowest BCUT2D eigenvalue weighted by Crippen LogP contribution is -2.50. The Morgan fingerprint density at radius 3 is 2.90 bits per heavy atom. The number of benzene rings is 1. The Morgan fingerprint density at radius 2 is 2.25 bits per heavy atom. The normalized spacial score (nSPS) is 23.1. The van der Waals surface area contributed by atoms with E-state index in [1.807, 2.05) is 24.8 Å². The molecule has 4 heteroatoms. The van der Waals surface area contributed by atoms with E-state index >= 15 is 0 Å². The predicted octanol–water partition coefficient (Wildman–Crippen LogP) is 3.35. The zero-order valence-electron chi connectivity index (χ0n) is 12.2. The lowest BCUT2D eigenvalue weighted by Gasteiger charge is -2.34. The summed E-state index contributed by atoms with van der Waals surface area (Å²) in [5.74, 6) is -1.02. The fraction of sp³-hybridized carbons (Fsp3) is 0.562. The fourth-order valence-corrected chi connectivity index (χ4v) is 3.24. The van der Waals surface area contributed by atoms with Crippen LogP contribution in [0.5, 0.6) is 0 Å². The molecule has 0 aromatic heterocycles. The van der Waals surface area contributed by atoms with Gasteiger partial charge >= 0.3 is 5.97 Å². The van der Waals surface area contributed by atoms with Crippen LogP contribution < -0.4 is 0 Å². The molecule has 0 saturated carbocycles. The van der Waals surface area contributed by atoms with Crippen molar-refractivity contribution in [3.8, 4) is 0 Å². The first-order chi connectivity index (χ1) is 9.49. The largest absolute Gasteiger partial charge is 0.480 e. The topological polar surface area (TPSA) is 40.5 Å². The molecule has 1 aromatic carbocycles. The highest BCUT2D eigenvalue weighted by molar-refractivity contribution is 5.79. The molecule has 1 unspecified atom stereocenters. The van der Waals surface area contributed by atoms with E-state index in [4.69, 9.17) is 0 Å². The van der Waals surface area contributed by atoms with Crippen molar-refractivity contribution >= 4 is 5.97 Å². The van der Waals surface area contributed by atoms with Crippen molar-refractivity contribution in [3.05, 3.63) is 35.1 Å². The Labute approximate surface area is 119 Å². The maximum Gasteiger partial charge on any atom is 0.324 e. The summed E-state index contributed by atoms with van der Waals surface area (Å²) in [6.07, 6.45) is 2.96. The molecule has 1 atom stereocenters. The minimum absolute atomic E-state index is 0.252. The van der Waals surface area contributed by atoms with Gasteiger partial charge in [0, 0.05) is 12.1 Å². The summed E-state index contributed by atoms with van der Waals surface area (Å²) in [6.45, 7) is 5.01. The molecule has 1 aliphatic heterocycles. The van der Waals surface area contributed by atoms with Crippen molar-refractivity contribution in [1.82, 2.24) is 4.90 Å². The molecule has 20 heavy (non-hydrogen) atoms. The van der Waals surface area contributed by atoms with Crippen LogP contribution in [0.25, 0.3) is 0 Å². The number of halogens is 1.